The normalized spacial score (nSPS) is 21.5. The molecule has 0 spiro atoms. The van der Waals surface area contributed by atoms with Crippen LogP contribution in [0.5, 0.6) is 0 Å². The van der Waals surface area contributed by atoms with E-state index < -0.39 is 25.9 Å². The summed E-state index contributed by atoms with van der Waals surface area (Å²) in [5, 5.41) is -0.179. The predicted octanol–water partition coefficient (Wildman–Crippen LogP) is -1.19. The van der Waals surface area contributed by atoms with Crippen LogP contribution in [0.1, 0.15) is 6.42 Å². The van der Waals surface area contributed by atoms with E-state index in [2.05, 4.69) is 10.9 Å². The lowest BCUT2D eigenvalue weighted by Gasteiger charge is -2.25. The zero-order valence-electron chi connectivity index (χ0n) is 11.4. The van der Waals surface area contributed by atoms with Crippen LogP contribution >= 0.6 is 0 Å². The summed E-state index contributed by atoms with van der Waals surface area (Å²) in [6.07, 6.45) is 6.73. The van der Waals surface area contributed by atoms with Gasteiger partial charge >= 0.3 is 0 Å². The number of nitrogens with two attached hydrogens (primary N) is 1. The third kappa shape index (κ3) is 2.90. The average molecular weight is 332 g/mol. The standard InChI is InChI=1S/C11H16N4O4S2/c1-3-5-15(9-4-6-20(16,17)7-9)21(18,19)11-10(12)13-8-14(11)2/h1,8-9H,4-7,12H2,2H3. The number of hydrogen-bond acceptors (Lipinski definition) is 6. The summed E-state index contributed by atoms with van der Waals surface area (Å²) in [4.78, 5) is 3.75. The number of hydrogen-bond donors (Lipinski definition) is 1. The molecule has 1 aliphatic heterocycles. The smallest absolute Gasteiger partial charge is 0.263 e. The second kappa shape index (κ2) is 5.32. The molecule has 0 amide bonds. The molecule has 0 saturated carbocycles. The summed E-state index contributed by atoms with van der Waals surface area (Å²) in [6.45, 7) is -0.215. The summed E-state index contributed by atoms with van der Waals surface area (Å²) < 4.78 is 50.9. The molecule has 0 radical (unpaired) electrons. The first-order valence-corrected chi connectivity index (χ1v) is 9.37. The number of nitrogen functional groups attached to an aromatic ring is 1. The minimum Gasteiger partial charge on any atom is -0.381 e. The molecule has 0 aliphatic carbocycles. The van der Waals surface area contributed by atoms with E-state index in [9.17, 15) is 16.8 Å². The number of anilines is 1. The highest BCUT2D eigenvalue weighted by atomic mass is 32.2. The van der Waals surface area contributed by atoms with E-state index in [0.717, 1.165) is 4.31 Å². The van der Waals surface area contributed by atoms with Gasteiger partial charge in [-0.1, -0.05) is 5.92 Å². The molecule has 10 heteroatoms. The maximum Gasteiger partial charge on any atom is 0.263 e. The molecule has 8 nitrogen and oxygen atoms in total. The van der Waals surface area contributed by atoms with E-state index in [4.69, 9.17) is 12.2 Å². The van der Waals surface area contributed by atoms with Gasteiger partial charge < -0.3 is 10.3 Å². The monoisotopic (exact) mass is 332 g/mol. The number of terminal acetylenes is 1. The van der Waals surface area contributed by atoms with E-state index in [-0.39, 0.29) is 35.3 Å². The van der Waals surface area contributed by atoms with E-state index in [0.29, 0.717) is 0 Å². The first-order chi connectivity index (χ1) is 9.69. The summed E-state index contributed by atoms with van der Waals surface area (Å²) in [7, 11) is -5.75. The average Bonchev–Trinajstić information content (AvgIpc) is 2.89. The maximum atomic E-state index is 12.7. The van der Waals surface area contributed by atoms with Crippen LogP contribution in [0.3, 0.4) is 0 Å². The first-order valence-electron chi connectivity index (χ1n) is 6.11. The predicted molar refractivity (Wildman–Crippen MR) is 77.4 cm³/mol. The topological polar surface area (TPSA) is 115 Å². The van der Waals surface area contributed by atoms with Gasteiger partial charge in [-0.15, -0.1) is 6.42 Å². The van der Waals surface area contributed by atoms with Crippen molar-refractivity contribution in [2.45, 2.75) is 17.5 Å². The lowest BCUT2D eigenvalue weighted by Crippen LogP contribution is -2.42. The SMILES string of the molecule is C#CCN(C1CCS(=O)(=O)C1)S(=O)(=O)c1c(N)ncn1C. The van der Waals surface area contributed by atoms with Crippen LogP contribution in [-0.4, -0.2) is 54.8 Å². The fourth-order valence-electron chi connectivity index (χ4n) is 2.37. The van der Waals surface area contributed by atoms with Gasteiger partial charge in [0.1, 0.15) is 0 Å². The molecule has 116 valence electrons. The van der Waals surface area contributed by atoms with Gasteiger partial charge in [-0.05, 0) is 6.42 Å². The molecule has 1 saturated heterocycles. The molecule has 0 aromatic carbocycles. The molecule has 2 heterocycles. The Morgan fingerprint density at radius 2 is 2.29 bits per heavy atom. The fourth-order valence-corrected chi connectivity index (χ4v) is 5.96. The van der Waals surface area contributed by atoms with Crippen LogP contribution in [0, 0.1) is 12.3 Å². The highest BCUT2D eigenvalue weighted by Crippen LogP contribution is 2.26. The minimum atomic E-state index is -4.01. The zero-order valence-corrected chi connectivity index (χ0v) is 13.1. The van der Waals surface area contributed by atoms with Gasteiger partial charge in [0.25, 0.3) is 10.0 Å². The van der Waals surface area contributed by atoms with Gasteiger partial charge in [-0.25, -0.2) is 21.8 Å². The van der Waals surface area contributed by atoms with Gasteiger partial charge in [-0.2, -0.15) is 4.31 Å². The van der Waals surface area contributed by atoms with Crippen LogP contribution in [-0.2, 0) is 26.9 Å². The van der Waals surface area contributed by atoms with Gasteiger partial charge in [0.15, 0.2) is 20.7 Å². The van der Waals surface area contributed by atoms with Crippen molar-refractivity contribution in [2.24, 2.45) is 7.05 Å². The van der Waals surface area contributed by atoms with Gasteiger partial charge in [0.2, 0.25) is 0 Å². The van der Waals surface area contributed by atoms with Crippen LogP contribution in [0.4, 0.5) is 5.82 Å². The third-order valence-corrected chi connectivity index (χ3v) is 7.11. The Morgan fingerprint density at radius 1 is 1.62 bits per heavy atom. The number of aryl methyl sites for hydroxylation is 1. The number of rotatable bonds is 4. The lowest BCUT2D eigenvalue weighted by molar-refractivity contribution is 0.368. The van der Waals surface area contributed by atoms with Crippen molar-refractivity contribution in [1.29, 1.82) is 0 Å². The molecule has 0 bridgehead atoms. The molecule has 1 atom stereocenters. The van der Waals surface area contributed by atoms with Crippen molar-refractivity contribution >= 4 is 25.7 Å². The highest BCUT2D eigenvalue weighted by molar-refractivity contribution is 7.92. The molecule has 1 fully saturated rings. The van der Waals surface area contributed by atoms with Crippen molar-refractivity contribution in [3.63, 3.8) is 0 Å². The third-order valence-electron chi connectivity index (χ3n) is 3.33. The summed E-state index contributed by atoms with van der Waals surface area (Å²) in [5.74, 6) is 1.84. The molecular weight excluding hydrogens is 316 g/mol. The van der Waals surface area contributed by atoms with Crippen LogP contribution in [0.25, 0.3) is 0 Å². The number of imidazole rings is 1. The fraction of sp³-hybridized carbons (Fsp3) is 0.545. The largest absolute Gasteiger partial charge is 0.381 e. The van der Waals surface area contributed by atoms with E-state index in [1.165, 1.54) is 17.9 Å². The molecule has 1 aliphatic rings. The van der Waals surface area contributed by atoms with Crippen LogP contribution < -0.4 is 5.73 Å². The quantitative estimate of drug-likeness (QED) is 0.694. The molecule has 21 heavy (non-hydrogen) atoms. The number of aromatic nitrogens is 2. The van der Waals surface area contributed by atoms with Crippen LogP contribution in [0.2, 0.25) is 0 Å². The van der Waals surface area contributed by atoms with Crippen LogP contribution in [0.15, 0.2) is 11.4 Å². The molecule has 2 N–H and O–H groups in total. The number of nitrogens with zero attached hydrogens (tertiary/aromatic N) is 3. The van der Waals surface area contributed by atoms with Crippen molar-refractivity contribution in [1.82, 2.24) is 13.9 Å². The Balaban J connectivity index is 2.46. The Bertz CT molecular complexity index is 769. The van der Waals surface area contributed by atoms with Crippen molar-refractivity contribution in [2.75, 3.05) is 23.8 Å². The lowest BCUT2D eigenvalue weighted by atomic mass is 10.3. The summed E-state index contributed by atoms with van der Waals surface area (Å²) in [5.41, 5.74) is 5.61. The Labute approximate surface area is 123 Å². The van der Waals surface area contributed by atoms with Gasteiger partial charge in [-0.3, -0.25) is 0 Å². The number of sulfonamides is 1. The van der Waals surface area contributed by atoms with Crippen molar-refractivity contribution in [3.8, 4) is 12.3 Å². The molecule has 1 unspecified atom stereocenters. The minimum absolute atomic E-state index is 0.0465. The van der Waals surface area contributed by atoms with Gasteiger partial charge in [0.05, 0.1) is 24.4 Å². The number of sulfone groups is 1. The Kier molecular flexibility index (Phi) is 4.01. The molecule has 2 rings (SSSR count). The molecular formula is C11H16N4O4S2. The Morgan fingerprint density at radius 3 is 2.71 bits per heavy atom. The van der Waals surface area contributed by atoms with Crippen molar-refractivity contribution in [3.05, 3.63) is 6.33 Å². The summed E-state index contributed by atoms with van der Waals surface area (Å²) >= 11 is 0. The summed E-state index contributed by atoms with van der Waals surface area (Å²) in [6, 6.07) is -0.676. The van der Waals surface area contributed by atoms with Crippen molar-refractivity contribution < 1.29 is 16.8 Å². The second-order valence-corrected chi connectivity index (χ2v) is 8.89. The molecule has 1 aromatic rings. The zero-order chi connectivity index (χ0) is 15.8. The first kappa shape index (κ1) is 15.8. The van der Waals surface area contributed by atoms with E-state index in [1.54, 1.807) is 0 Å². The van der Waals surface area contributed by atoms with E-state index in [1.807, 2.05) is 0 Å². The maximum absolute atomic E-state index is 12.7. The van der Waals surface area contributed by atoms with Gasteiger partial charge in [0, 0.05) is 13.1 Å². The highest BCUT2D eigenvalue weighted by Gasteiger charge is 2.40. The molecule has 1 aromatic heterocycles. The Hall–Kier alpha value is -1.57. The van der Waals surface area contributed by atoms with E-state index >= 15 is 0 Å². The second-order valence-electron chi connectivity index (χ2n) is 4.86.